The van der Waals surface area contributed by atoms with Crippen molar-refractivity contribution in [3.63, 3.8) is 0 Å². The largest absolute Gasteiger partial charge is 0.478 e. The highest BCUT2D eigenvalue weighted by Gasteiger charge is 2.17. The van der Waals surface area contributed by atoms with Crippen LogP contribution < -0.4 is 11.1 Å². The molecule has 0 aliphatic carbocycles. The molecule has 104 valence electrons. The summed E-state index contributed by atoms with van der Waals surface area (Å²) < 4.78 is 0. The molecule has 0 spiro atoms. The average molecular weight is 292 g/mol. The lowest BCUT2D eigenvalue weighted by molar-refractivity contribution is 0.0698. The molecule has 1 heterocycles. The number of carbonyl (C=O) groups excluding carboxylic acids is 1. The maximum atomic E-state index is 11.1. The van der Waals surface area contributed by atoms with Crippen molar-refractivity contribution in [1.29, 1.82) is 0 Å². The SMILES string of the molecule is NC(=O)Nc1sc(-c2cccc(CO)c2)cc1C(=O)O. The van der Waals surface area contributed by atoms with Crippen LogP contribution >= 0.6 is 11.3 Å². The molecule has 0 saturated heterocycles. The molecule has 0 unspecified atom stereocenters. The Kier molecular flexibility index (Phi) is 4.02. The summed E-state index contributed by atoms with van der Waals surface area (Å²) in [7, 11) is 0. The van der Waals surface area contributed by atoms with Gasteiger partial charge in [0.15, 0.2) is 0 Å². The number of aliphatic hydroxyl groups excluding tert-OH is 1. The number of nitrogens with one attached hydrogen (secondary N) is 1. The zero-order chi connectivity index (χ0) is 14.7. The highest BCUT2D eigenvalue weighted by molar-refractivity contribution is 7.20. The van der Waals surface area contributed by atoms with Crippen LogP contribution in [0, 0.1) is 0 Å². The van der Waals surface area contributed by atoms with Crippen LogP contribution in [-0.2, 0) is 6.61 Å². The van der Waals surface area contributed by atoms with E-state index in [9.17, 15) is 9.59 Å². The highest BCUT2D eigenvalue weighted by Crippen LogP contribution is 2.35. The van der Waals surface area contributed by atoms with Gasteiger partial charge in [0.25, 0.3) is 0 Å². The molecule has 7 heteroatoms. The number of anilines is 1. The second-order valence-electron chi connectivity index (χ2n) is 4.01. The molecule has 5 N–H and O–H groups in total. The first-order valence-corrected chi connectivity index (χ1v) is 6.46. The minimum absolute atomic E-state index is 0.0156. The summed E-state index contributed by atoms with van der Waals surface area (Å²) in [6.07, 6.45) is 0. The Hall–Kier alpha value is -2.38. The van der Waals surface area contributed by atoms with E-state index in [1.807, 2.05) is 0 Å². The number of thiophene rings is 1. The van der Waals surface area contributed by atoms with E-state index in [1.54, 1.807) is 24.3 Å². The van der Waals surface area contributed by atoms with Crippen LogP contribution in [0.3, 0.4) is 0 Å². The maximum absolute atomic E-state index is 11.1. The van der Waals surface area contributed by atoms with Crippen LogP contribution in [0.2, 0.25) is 0 Å². The van der Waals surface area contributed by atoms with Crippen LogP contribution in [0.25, 0.3) is 10.4 Å². The first kappa shape index (κ1) is 14.0. The Morgan fingerprint density at radius 3 is 2.65 bits per heavy atom. The molecule has 2 aromatic rings. The summed E-state index contributed by atoms with van der Waals surface area (Å²) in [6, 6.07) is 7.73. The molecule has 0 atom stereocenters. The fraction of sp³-hybridized carbons (Fsp3) is 0.0769. The monoisotopic (exact) mass is 292 g/mol. The molecule has 0 radical (unpaired) electrons. The molecule has 1 aromatic heterocycles. The fourth-order valence-electron chi connectivity index (χ4n) is 1.72. The van der Waals surface area contributed by atoms with E-state index in [2.05, 4.69) is 5.32 Å². The summed E-state index contributed by atoms with van der Waals surface area (Å²) in [5.41, 5.74) is 6.49. The quantitative estimate of drug-likeness (QED) is 0.691. The molecule has 6 nitrogen and oxygen atoms in total. The zero-order valence-electron chi connectivity index (χ0n) is 10.3. The smallest absolute Gasteiger partial charge is 0.338 e. The fourth-order valence-corrected chi connectivity index (χ4v) is 2.77. The first-order chi connectivity index (χ1) is 9.51. The number of carboxylic acid groups (broad SMARTS) is 1. The molecular formula is C13H12N2O4S. The van der Waals surface area contributed by atoms with E-state index in [0.29, 0.717) is 4.88 Å². The van der Waals surface area contributed by atoms with Crippen LogP contribution in [0.5, 0.6) is 0 Å². The Morgan fingerprint density at radius 1 is 1.30 bits per heavy atom. The van der Waals surface area contributed by atoms with E-state index in [1.165, 1.54) is 6.07 Å². The van der Waals surface area contributed by atoms with Gasteiger partial charge in [0.2, 0.25) is 0 Å². The van der Waals surface area contributed by atoms with Crippen LogP contribution in [-0.4, -0.2) is 22.2 Å². The van der Waals surface area contributed by atoms with Crippen molar-refractivity contribution in [3.05, 3.63) is 41.5 Å². The number of amides is 2. The van der Waals surface area contributed by atoms with Gasteiger partial charge in [-0.05, 0) is 23.3 Å². The normalized spacial score (nSPS) is 10.2. The number of urea groups is 1. The summed E-state index contributed by atoms with van der Waals surface area (Å²) in [5, 5.41) is 20.7. The minimum Gasteiger partial charge on any atom is -0.478 e. The Bertz CT molecular complexity index is 666. The van der Waals surface area contributed by atoms with Gasteiger partial charge < -0.3 is 15.9 Å². The van der Waals surface area contributed by atoms with E-state index < -0.39 is 12.0 Å². The van der Waals surface area contributed by atoms with Crippen LogP contribution in [0.15, 0.2) is 30.3 Å². The number of benzene rings is 1. The molecular weight excluding hydrogens is 280 g/mol. The summed E-state index contributed by atoms with van der Waals surface area (Å²) in [4.78, 5) is 22.7. The lowest BCUT2D eigenvalue weighted by atomic mass is 10.1. The zero-order valence-corrected chi connectivity index (χ0v) is 11.1. The number of hydrogen-bond donors (Lipinski definition) is 4. The van der Waals surface area contributed by atoms with Crippen molar-refractivity contribution in [2.75, 3.05) is 5.32 Å². The predicted molar refractivity (Wildman–Crippen MR) is 75.8 cm³/mol. The lowest BCUT2D eigenvalue weighted by Gasteiger charge is -2.00. The van der Waals surface area contributed by atoms with E-state index in [-0.39, 0.29) is 17.2 Å². The van der Waals surface area contributed by atoms with Gasteiger partial charge in [-0.15, -0.1) is 11.3 Å². The molecule has 2 rings (SSSR count). The topological polar surface area (TPSA) is 113 Å². The van der Waals surface area contributed by atoms with Crippen molar-refractivity contribution in [2.45, 2.75) is 6.61 Å². The van der Waals surface area contributed by atoms with E-state index >= 15 is 0 Å². The number of aromatic carboxylic acids is 1. The van der Waals surface area contributed by atoms with Crippen molar-refractivity contribution in [1.82, 2.24) is 0 Å². The summed E-state index contributed by atoms with van der Waals surface area (Å²) in [5.74, 6) is -1.14. The standard InChI is InChI=1S/C13H12N2O4S/c14-13(19)15-11-9(12(17)18)5-10(20-11)8-3-1-2-7(4-8)6-16/h1-5,16H,6H2,(H,17,18)(H3,14,15,19). The Morgan fingerprint density at radius 2 is 2.05 bits per heavy atom. The van der Waals surface area contributed by atoms with Gasteiger partial charge in [-0.25, -0.2) is 9.59 Å². The number of hydrogen-bond acceptors (Lipinski definition) is 4. The van der Waals surface area contributed by atoms with Crippen LogP contribution in [0.1, 0.15) is 15.9 Å². The van der Waals surface area contributed by atoms with Gasteiger partial charge in [0.05, 0.1) is 12.2 Å². The van der Waals surface area contributed by atoms with Gasteiger partial charge in [-0.3, -0.25) is 5.32 Å². The van der Waals surface area contributed by atoms with Gasteiger partial charge in [0, 0.05) is 4.88 Å². The number of rotatable bonds is 4. The number of primary amides is 1. The summed E-state index contributed by atoms with van der Waals surface area (Å²) >= 11 is 1.11. The molecule has 20 heavy (non-hydrogen) atoms. The van der Waals surface area contributed by atoms with E-state index in [4.69, 9.17) is 15.9 Å². The van der Waals surface area contributed by atoms with Gasteiger partial charge in [-0.2, -0.15) is 0 Å². The Balaban J connectivity index is 2.46. The molecule has 2 amide bonds. The second-order valence-corrected chi connectivity index (χ2v) is 5.06. The van der Waals surface area contributed by atoms with Crippen molar-refractivity contribution < 1.29 is 19.8 Å². The molecule has 0 aliphatic rings. The van der Waals surface area contributed by atoms with Crippen molar-refractivity contribution >= 4 is 28.3 Å². The molecule has 0 saturated carbocycles. The van der Waals surface area contributed by atoms with Crippen molar-refractivity contribution in [2.24, 2.45) is 5.73 Å². The second kappa shape index (κ2) is 5.72. The third-order valence-electron chi connectivity index (χ3n) is 2.59. The number of aliphatic hydroxyl groups is 1. The third-order valence-corrected chi connectivity index (χ3v) is 3.69. The maximum Gasteiger partial charge on any atom is 0.338 e. The lowest BCUT2D eigenvalue weighted by Crippen LogP contribution is -2.19. The Labute approximate surface area is 118 Å². The summed E-state index contributed by atoms with van der Waals surface area (Å²) in [6.45, 7) is -0.0998. The number of carboxylic acids is 1. The predicted octanol–water partition coefficient (Wildman–Crippen LogP) is 2.10. The van der Waals surface area contributed by atoms with E-state index in [0.717, 1.165) is 22.5 Å². The van der Waals surface area contributed by atoms with Gasteiger partial charge in [0.1, 0.15) is 5.00 Å². The molecule has 0 aliphatic heterocycles. The first-order valence-electron chi connectivity index (χ1n) is 5.65. The van der Waals surface area contributed by atoms with Gasteiger partial charge in [-0.1, -0.05) is 18.2 Å². The highest BCUT2D eigenvalue weighted by atomic mass is 32.1. The number of carbonyl (C=O) groups is 2. The van der Waals surface area contributed by atoms with Gasteiger partial charge >= 0.3 is 12.0 Å². The molecule has 0 fully saturated rings. The molecule has 1 aromatic carbocycles. The van der Waals surface area contributed by atoms with Crippen molar-refractivity contribution in [3.8, 4) is 10.4 Å². The average Bonchev–Trinajstić information content (AvgIpc) is 2.82. The minimum atomic E-state index is -1.14. The number of nitrogens with two attached hydrogens (primary N) is 1. The molecule has 0 bridgehead atoms. The third kappa shape index (κ3) is 2.95. The van der Waals surface area contributed by atoms with Crippen LogP contribution in [0.4, 0.5) is 9.80 Å².